The molecule has 1 N–H and O–H groups in total. The highest BCUT2D eigenvalue weighted by molar-refractivity contribution is 5.51. The molecule has 0 unspecified atom stereocenters. The maximum absolute atomic E-state index is 4.31. The third kappa shape index (κ3) is 3.69. The zero-order valence-electron chi connectivity index (χ0n) is 12.5. The molecule has 2 rings (SSSR count). The summed E-state index contributed by atoms with van der Waals surface area (Å²) in [5.74, 6) is 0.903. The molecule has 3 heteroatoms. The minimum Gasteiger partial charge on any atom is -0.370 e. The van der Waals surface area contributed by atoms with Gasteiger partial charge in [0.15, 0.2) is 0 Å². The van der Waals surface area contributed by atoms with E-state index in [4.69, 9.17) is 0 Å². The van der Waals surface area contributed by atoms with Crippen molar-refractivity contribution in [3.05, 3.63) is 24.0 Å². The molecule has 1 aliphatic rings. The Morgan fingerprint density at radius 3 is 2.74 bits per heavy atom. The van der Waals surface area contributed by atoms with E-state index in [1.807, 2.05) is 12.4 Å². The number of anilines is 1. The van der Waals surface area contributed by atoms with Crippen LogP contribution in [-0.4, -0.2) is 24.6 Å². The van der Waals surface area contributed by atoms with E-state index in [0.717, 1.165) is 19.0 Å². The van der Waals surface area contributed by atoms with Gasteiger partial charge in [-0.15, -0.1) is 0 Å². The molecule has 0 radical (unpaired) electrons. The Bertz CT molecular complexity index is 383. The maximum Gasteiger partial charge on any atom is 0.0598 e. The first-order valence-electron chi connectivity index (χ1n) is 7.58. The zero-order chi connectivity index (χ0) is 13.7. The van der Waals surface area contributed by atoms with Crippen molar-refractivity contribution in [2.75, 3.05) is 18.5 Å². The van der Waals surface area contributed by atoms with Crippen molar-refractivity contribution in [3.63, 3.8) is 0 Å². The number of aromatic nitrogens is 1. The van der Waals surface area contributed by atoms with Crippen molar-refractivity contribution in [1.82, 2.24) is 10.3 Å². The molecule has 1 aromatic rings. The normalized spacial score (nSPS) is 23.3. The molecule has 3 nitrogen and oxygen atoms in total. The third-order valence-corrected chi connectivity index (χ3v) is 4.37. The van der Waals surface area contributed by atoms with Gasteiger partial charge in [0.1, 0.15) is 0 Å². The fourth-order valence-corrected chi connectivity index (χ4v) is 2.97. The second-order valence-electron chi connectivity index (χ2n) is 5.81. The average molecular weight is 261 g/mol. The van der Waals surface area contributed by atoms with Gasteiger partial charge in [0.25, 0.3) is 0 Å². The first-order chi connectivity index (χ1) is 9.22. The second-order valence-corrected chi connectivity index (χ2v) is 5.81. The Morgan fingerprint density at radius 2 is 2.05 bits per heavy atom. The summed E-state index contributed by atoms with van der Waals surface area (Å²) in [5, 5.41) is 3.42. The number of pyridine rings is 1. The fraction of sp³-hybridized carbons (Fsp3) is 0.688. The van der Waals surface area contributed by atoms with Crippen LogP contribution >= 0.6 is 0 Å². The van der Waals surface area contributed by atoms with Gasteiger partial charge in [-0.1, -0.05) is 13.8 Å². The minimum atomic E-state index is 0.681. The van der Waals surface area contributed by atoms with Crippen molar-refractivity contribution < 1.29 is 0 Å². The predicted octanol–water partition coefficient (Wildman–Crippen LogP) is 3.21. The molecule has 1 aliphatic carbocycles. The topological polar surface area (TPSA) is 28.2 Å². The number of hydrogen-bond acceptors (Lipinski definition) is 3. The van der Waals surface area contributed by atoms with Gasteiger partial charge in [-0.25, -0.2) is 0 Å². The lowest BCUT2D eigenvalue weighted by Gasteiger charge is -2.35. The summed E-state index contributed by atoms with van der Waals surface area (Å²) in [7, 11) is 2.23. The monoisotopic (exact) mass is 261 g/mol. The standard InChI is InChI=1S/C16H27N3/c1-4-17-11-14-9-10-18-12-16(14)19(3)15-7-5-13(2)6-8-15/h9-10,12-13,15,17H,4-8,11H2,1-3H3. The van der Waals surface area contributed by atoms with Gasteiger partial charge < -0.3 is 10.2 Å². The Balaban J connectivity index is 2.07. The van der Waals surface area contributed by atoms with Crippen LogP contribution in [0, 0.1) is 5.92 Å². The zero-order valence-corrected chi connectivity index (χ0v) is 12.5. The van der Waals surface area contributed by atoms with E-state index in [2.05, 4.69) is 42.2 Å². The smallest absolute Gasteiger partial charge is 0.0598 e. The van der Waals surface area contributed by atoms with Gasteiger partial charge in [-0.2, -0.15) is 0 Å². The highest BCUT2D eigenvalue weighted by Gasteiger charge is 2.23. The van der Waals surface area contributed by atoms with Crippen molar-refractivity contribution >= 4 is 5.69 Å². The second kappa shape index (κ2) is 6.90. The van der Waals surface area contributed by atoms with E-state index < -0.39 is 0 Å². The molecule has 1 fully saturated rings. The molecule has 0 aromatic carbocycles. The molecule has 0 atom stereocenters. The van der Waals surface area contributed by atoms with Crippen molar-refractivity contribution in [2.24, 2.45) is 5.92 Å². The van der Waals surface area contributed by atoms with Crippen LogP contribution in [0.4, 0.5) is 5.69 Å². The maximum atomic E-state index is 4.31. The number of hydrogen-bond donors (Lipinski definition) is 1. The summed E-state index contributed by atoms with van der Waals surface area (Å²) in [5.41, 5.74) is 2.65. The van der Waals surface area contributed by atoms with Crippen molar-refractivity contribution in [1.29, 1.82) is 0 Å². The molecule has 0 spiro atoms. The molecular weight excluding hydrogens is 234 g/mol. The van der Waals surface area contributed by atoms with E-state index >= 15 is 0 Å². The Hall–Kier alpha value is -1.09. The van der Waals surface area contributed by atoms with Crippen LogP contribution < -0.4 is 10.2 Å². The predicted molar refractivity (Wildman–Crippen MR) is 81.4 cm³/mol. The van der Waals surface area contributed by atoms with Gasteiger partial charge >= 0.3 is 0 Å². The van der Waals surface area contributed by atoms with Crippen LogP contribution in [0.3, 0.4) is 0 Å². The average Bonchev–Trinajstić information content (AvgIpc) is 2.45. The first-order valence-corrected chi connectivity index (χ1v) is 7.58. The van der Waals surface area contributed by atoms with E-state index in [-0.39, 0.29) is 0 Å². The van der Waals surface area contributed by atoms with Crippen LogP contribution in [0.1, 0.15) is 45.1 Å². The number of nitrogens with one attached hydrogen (secondary N) is 1. The quantitative estimate of drug-likeness (QED) is 0.882. The molecule has 1 aromatic heterocycles. The highest BCUT2D eigenvalue weighted by atomic mass is 15.1. The van der Waals surface area contributed by atoms with Crippen molar-refractivity contribution in [3.8, 4) is 0 Å². The van der Waals surface area contributed by atoms with E-state index in [1.54, 1.807) is 0 Å². The molecule has 19 heavy (non-hydrogen) atoms. The highest BCUT2D eigenvalue weighted by Crippen LogP contribution is 2.30. The largest absolute Gasteiger partial charge is 0.370 e. The van der Waals surface area contributed by atoms with Crippen LogP contribution in [0.2, 0.25) is 0 Å². The van der Waals surface area contributed by atoms with E-state index in [1.165, 1.54) is 36.9 Å². The number of rotatable bonds is 5. The van der Waals surface area contributed by atoms with Gasteiger partial charge in [-0.05, 0) is 49.8 Å². The van der Waals surface area contributed by atoms with Gasteiger partial charge in [-0.3, -0.25) is 4.98 Å². The lowest BCUT2D eigenvalue weighted by molar-refractivity contribution is 0.340. The molecule has 0 saturated heterocycles. The van der Waals surface area contributed by atoms with E-state index in [0.29, 0.717) is 6.04 Å². The lowest BCUT2D eigenvalue weighted by Crippen LogP contribution is -2.35. The molecule has 0 aliphatic heterocycles. The first kappa shape index (κ1) is 14.3. The summed E-state index contributed by atoms with van der Waals surface area (Å²) < 4.78 is 0. The summed E-state index contributed by atoms with van der Waals surface area (Å²) >= 11 is 0. The summed E-state index contributed by atoms with van der Waals surface area (Å²) in [6.07, 6.45) is 9.26. The Labute approximate surface area is 117 Å². The van der Waals surface area contributed by atoms with Crippen LogP contribution in [-0.2, 0) is 6.54 Å². The molecule has 1 saturated carbocycles. The van der Waals surface area contributed by atoms with Crippen LogP contribution in [0.25, 0.3) is 0 Å². The number of nitrogens with zero attached hydrogens (tertiary/aromatic N) is 2. The molecule has 0 amide bonds. The molecule has 106 valence electrons. The van der Waals surface area contributed by atoms with Crippen molar-refractivity contribution in [2.45, 2.75) is 52.1 Å². The Morgan fingerprint density at radius 1 is 1.32 bits per heavy atom. The van der Waals surface area contributed by atoms with Gasteiger partial charge in [0.2, 0.25) is 0 Å². The lowest BCUT2D eigenvalue weighted by atomic mass is 9.86. The summed E-state index contributed by atoms with van der Waals surface area (Å²) in [6.45, 7) is 6.46. The minimum absolute atomic E-state index is 0.681. The van der Waals surface area contributed by atoms with Gasteiger partial charge in [0, 0.05) is 25.8 Å². The van der Waals surface area contributed by atoms with E-state index in [9.17, 15) is 0 Å². The summed E-state index contributed by atoms with van der Waals surface area (Å²) in [6, 6.07) is 2.82. The van der Waals surface area contributed by atoms with Gasteiger partial charge in [0.05, 0.1) is 11.9 Å². The third-order valence-electron chi connectivity index (χ3n) is 4.37. The van der Waals surface area contributed by atoms with Crippen LogP contribution in [0.15, 0.2) is 18.5 Å². The molecule has 0 bridgehead atoms. The molecular formula is C16H27N3. The Kier molecular flexibility index (Phi) is 5.20. The fourth-order valence-electron chi connectivity index (χ4n) is 2.97. The van der Waals surface area contributed by atoms with Crippen LogP contribution in [0.5, 0.6) is 0 Å². The SMILES string of the molecule is CCNCc1ccncc1N(C)C1CCC(C)CC1. The molecule has 1 heterocycles. The summed E-state index contributed by atoms with van der Waals surface area (Å²) in [4.78, 5) is 6.76.